The summed E-state index contributed by atoms with van der Waals surface area (Å²) in [6.07, 6.45) is 4.30. The van der Waals surface area contributed by atoms with Crippen LogP contribution in [-0.2, 0) is 29.1 Å². The number of hydrogen-bond donors (Lipinski definition) is 3. The van der Waals surface area contributed by atoms with Crippen molar-refractivity contribution in [2.24, 2.45) is 0 Å². The van der Waals surface area contributed by atoms with Crippen LogP contribution in [0.3, 0.4) is 0 Å². The molecule has 4 amide bonds. The van der Waals surface area contributed by atoms with Crippen molar-refractivity contribution in [3.8, 4) is 5.75 Å². The molecule has 2 aliphatic rings. The summed E-state index contributed by atoms with van der Waals surface area (Å²) in [4.78, 5) is 61.8. The summed E-state index contributed by atoms with van der Waals surface area (Å²) in [6, 6.07) is 20.4. The summed E-state index contributed by atoms with van der Waals surface area (Å²) in [7, 11) is 0. The monoisotopic (exact) mass is 660 g/mol. The number of piperazine rings is 1. The number of fused-ring (bicyclic) bond motifs is 2. The lowest BCUT2D eigenvalue weighted by molar-refractivity contribution is -0.189. The molecule has 0 saturated carbocycles. The number of carbonyl (C=O) groups excluding carboxylic acids is 4. The Morgan fingerprint density at radius 2 is 1.76 bits per heavy atom. The molecule has 3 N–H and O–H groups in total. The molecule has 252 valence electrons. The first-order chi connectivity index (χ1) is 23.6. The molecule has 6 rings (SSSR count). The van der Waals surface area contributed by atoms with Gasteiger partial charge in [0.15, 0.2) is 5.78 Å². The van der Waals surface area contributed by atoms with E-state index in [1.165, 1.54) is 0 Å². The van der Waals surface area contributed by atoms with Gasteiger partial charge in [0.05, 0.1) is 18.6 Å². The highest BCUT2D eigenvalue weighted by atomic mass is 16.3. The number of ketones is 1. The highest BCUT2D eigenvalue weighted by molar-refractivity contribution is 6.13. The average Bonchev–Trinajstić information content (AvgIpc) is 3.52. The van der Waals surface area contributed by atoms with Crippen LogP contribution in [0.25, 0.3) is 10.9 Å². The van der Waals surface area contributed by atoms with Crippen molar-refractivity contribution in [2.75, 3.05) is 19.6 Å². The second-order valence-electron chi connectivity index (χ2n) is 12.6. The first-order valence-corrected chi connectivity index (χ1v) is 16.3. The van der Waals surface area contributed by atoms with E-state index in [1.807, 2.05) is 62.4 Å². The third kappa shape index (κ3) is 6.97. The summed E-state index contributed by atoms with van der Waals surface area (Å²) < 4.78 is 0. The molecule has 11 heteroatoms. The number of hydrogen-bond acceptors (Lipinski definition) is 6. The lowest BCUT2D eigenvalue weighted by Gasteiger charge is -2.55. The topological polar surface area (TPSA) is 129 Å². The Morgan fingerprint density at radius 3 is 2.47 bits per heavy atom. The summed E-state index contributed by atoms with van der Waals surface area (Å²) >= 11 is 0. The maximum absolute atomic E-state index is 14.4. The van der Waals surface area contributed by atoms with Crippen LogP contribution in [0.1, 0.15) is 40.9 Å². The summed E-state index contributed by atoms with van der Waals surface area (Å²) in [5, 5.41) is 16.8. The first-order valence-electron chi connectivity index (χ1n) is 16.3. The average molecular weight is 661 g/mol. The standard InChI is InChI=1S/C38H40N6O5/c1-4-17-42-24-35(47)43-32(19-26-13-15-29(45)16-14-26)37(48)41(23-34(43)44(42)38(49)40-20-27-9-6-5-7-10-27)22-28-11-8-12-30-31(21-39-36(28)30)33(46)18-25(2)3/h4-16,18,21,32,34,39,45H,1,17,19-20,22-24H2,2-3H3,(H,40,49)/t32-,34-/m0/s1. The van der Waals surface area contributed by atoms with Gasteiger partial charge in [-0.2, -0.15) is 0 Å². The molecule has 2 fully saturated rings. The SMILES string of the molecule is C=CCN1CC(=O)N2[C@@H](Cc3ccc(O)cc3)C(=O)N(Cc3cccc4c(C(=O)C=C(C)C)c[nH]c34)C[C@@H]2N1C(=O)NCc1ccccc1. The fourth-order valence-electron chi connectivity index (χ4n) is 6.65. The van der Waals surface area contributed by atoms with E-state index in [2.05, 4.69) is 16.9 Å². The molecule has 11 nitrogen and oxygen atoms in total. The number of para-hydroxylation sites is 1. The van der Waals surface area contributed by atoms with Crippen molar-refractivity contribution >= 4 is 34.5 Å². The Balaban J connectivity index is 1.37. The van der Waals surface area contributed by atoms with Gasteiger partial charge in [-0.3, -0.25) is 14.4 Å². The molecule has 2 aliphatic heterocycles. The minimum absolute atomic E-state index is 0.0592. The van der Waals surface area contributed by atoms with Crippen molar-refractivity contribution in [1.82, 2.24) is 30.1 Å². The number of phenolic OH excluding ortho intramolecular Hbond substituents is 1. The molecule has 0 aliphatic carbocycles. The zero-order valence-electron chi connectivity index (χ0n) is 27.6. The number of carbonyl (C=O) groups is 4. The number of aromatic nitrogens is 1. The number of urea groups is 1. The van der Waals surface area contributed by atoms with Crippen LogP contribution in [0, 0.1) is 0 Å². The van der Waals surface area contributed by atoms with E-state index in [1.54, 1.807) is 62.4 Å². The molecular formula is C38H40N6O5. The highest BCUT2D eigenvalue weighted by Gasteiger charge is 2.51. The Bertz CT molecular complexity index is 1910. The van der Waals surface area contributed by atoms with Gasteiger partial charge in [-0.1, -0.05) is 72.3 Å². The maximum atomic E-state index is 14.4. The van der Waals surface area contributed by atoms with Gasteiger partial charge in [-0.15, -0.1) is 6.58 Å². The number of amides is 4. The first kappa shape index (κ1) is 33.2. The number of aromatic hydroxyl groups is 1. The lowest BCUT2D eigenvalue weighted by atomic mass is 9.98. The van der Waals surface area contributed by atoms with E-state index in [0.717, 1.165) is 33.2 Å². The second-order valence-corrected chi connectivity index (χ2v) is 12.6. The predicted molar refractivity (Wildman–Crippen MR) is 186 cm³/mol. The zero-order chi connectivity index (χ0) is 34.7. The van der Waals surface area contributed by atoms with Crippen molar-refractivity contribution in [2.45, 2.75) is 45.6 Å². The molecule has 0 spiro atoms. The number of rotatable bonds is 10. The Hall–Kier alpha value is -5.68. The van der Waals surface area contributed by atoms with Gasteiger partial charge in [0, 0.05) is 43.2 Å². The molecule has 0 radical (unpaired) electrons. The van der Waals surface area contributed by atoms with Crippen LogP contribution in [0.4, 0.5) is 4.79 Å². The quantitative estimate of drug-likeness (QED) is 0.128. The summed E-state index contributed by atoms with van der Waals surface area (Å²) in [5.41, 5.74) is 4.64. The Kier molecular flexibility index (Phi) is 9.63. The van der Waals surface area contributed by atoms with E-state index < -0.39 is 18.2 Å². The number of nitrogens with one attached hydrogen (secondary N) is 2. The van der Waals surface area contributed by atoms with Crippen molar-refractivity contribution in [3.63, 3.8) is 0 Å². The Morgan fingerprint density at radius 1 is 1.00 bits per heavy atom. The maximum Gasteiger partial charge on any atom is 0.334 e. The smallest absolute Gasteiger partial charge is 0.334 e. The molecule has 4 aromatic rings. The number of phenols is 1. The van der Waals surface area contributed by atoms with Gasteiger partial charge in [-0.05, 0) is 48.7 Å². The normalized spacial score (nSPS) is 18.0. The fourth-order valence-corrected chi connectivity index (χ4v) is 6.65. The number of aromatic amines is 1. The molecule has 1 aromatic heterocycles. The molecule has 2 atom stereocenters. The fraction of sp³-hybridized carbons (Fsp3) is 0.263. The van der Waals surface area contributed by atoms with Crippen LogP contribution < -0.4 is 5.32 Å². The molecule has 0 unspecified atom stereocenters. The van der Waals surface area contributed by atoms with Gasteiger partial charge in [0.1, 0.15) is 18.0 Å². The molecule has 3 aromatic carbocycles. The van der Waals surface area contributed by atoms with Crippen LogP contribution in [0.2, 0.25) is 0 Å². The third-order valence-corrected chi connectivity index (χ3v) is 8.88. The van der Waals surface area contributed by atoms with Gasteiger partial charge < -0.3 is 25.2 Å². The molecule has 2 saturated heterocycles. The van der Waals surface area contributed by atoms with Gasteiger partial charge >= 0.3 is 6.03 Å². The van der Waals surface area contributed by atoms with Gasteiger partial charge in [0.25, 0.3) is 0 Å². The molecule has 0 bridgehead atoms. The molecular weight excluding hydrogens is 620 g/mol. The van der Waals surface area contributed by atoms with Crippen molar-refractivity contribution < 1.29 is 24.3 Å². The van der Waals surface area contributed by atoms with Gasteiger partial charge in [-0.25, -0.2) is 14.8 Å². The van der Waals surface area contributed by atoms with E-state index in [9.17, 15) is 24.3 Å². The number of H-pyrrole nitrogens is 1. The highest BCUT2D eigenvalue weighted by Crippen LogP contribution is 2.31. The molecule has 49 heavy (non-hydrogen) atoms. The van der Waals surface area contributed by atoms with Crippen LogP contribution in [0.5, 0.6) is 5.75 Å². The second kappa shape index (κ2) is 14.2. The van der Waals surface area contributed by atoms with Crippen molar-refractivity contribution in [1.29, 1.82) is 0 Å². The van der Waals surface area contributed by atoms with Crippen LogP contribution in [0.15, 0.2) is 103 Å². The van der Waals surface area contributed by atoms with E-state index in [0.29, 0.717) is 5.56 Å². The van der Waals surface area contributed by atoms with E-state index >= 15 is 0 Å². The third-order valence-electron chi connectivity index (χ3n) is 8.88. The number of hydrazine groups is 1. The summed E-state index contributed by atoms with van der Waals surface area (Å²) in [5.74, 6) is -0.550. The lowest BCUT2D eigenvalue weighted by Crippen LogP contribution is -2.76. The molecule has 3 heterocycles. The van der Waals surface area contributed by atoms with Crippen LogP contribution in [-0.4, -0.2) is 85.4 Å². The Labute approximate surface area is 285 Å². The predicted octanol–water partition coefficient (Wildman–Crippen LogP) is 4.76. The zero-order valence-corrected chi connectivity index (χ0v) is 27.6. The number of allylic oxidation sites excluding steroid dienone is 2. The summed E-state index contributed by atoms with van der Waals surface area (Å²) in [6.45, 7) is 8.25. The largest absolute Gasteiger partial charge is 0.508 e. The minimum atomic E-state index is -0.913. The minimum Gasteiger partial charge on any atom is -0.508 e. The number of nitrogens with zero attached hydrogens (tertiary/aromatic N) is 4. The van der Waals surface area contributed by atoms with E-state index in [4.69, 9.17) is 0 Å². The van der Waals surface area contributed by atoms with Crippen molar-refractivity contribution in [3.05, 3.63) is 126 Å². The van der Waals surface area contributed by atoms with Gasteiger partial charge in [0.2, 0.25) is 11.8 Å². The number of benzene rings is 3. The van der Waals surface area contributed by atoms with E-state index in [-0.39, 0.29) is 62.5 Å². The van der Waals surface area contributed by atoms with Crippen LogP contribution >= 0.6 is 0 Å².